The molecule has 1 aliphatic heterocycles. The fraction of sp³-hybridized carbons (Fsp3) is 0.407. The van der Waals surface area contributed by atoms with Gasteiger partial charge in [0.1, 0.15) is 13.2 Å². The molecule has 1 heterocycles. The van der Waals surface area contributed by atoms with Crippen LogP contribution in [0.15, 0.2) is 48.5 Å². The number of nitrogens with one attached hydrogen (secondary N) is 2. The van der Waals surface area contributed by atoms with E-state index in [0.29, 0.717) is 30.0 Å². The van der Waals surface area contributed by atoms with Crippen molar-refractivity contribution in [1.29, 1.82) is 0 Å². The van der Waals surface area contributed by atoms with Gasteiger partial charge in [-0.15, -0.1) is 0 Å². The lowest BCUT2D eigenvalue weighted by molar-refractivity contribution is -0.385. The van der Waals surface area contributed by atoms with Gasteiger partial charge >= 0.3 is 12.2 Å². The average Bonchev–Trinajstić information content (AvgIpc) is 3.39. The molecule has 0 spiro atoms. The fourth-order valence-electron chi connectivity index (χ4n) is 4.21. The number of hydrogen-bond donors (Lipinski definition) is 2. The average molecular weight is 650 g/mol. The van der Waals surface area contributed by atoms with E-state index in [1.807, 2.05) is 0 Å². The first-order valence-corrected chi connectivity index (χ1v) is 15.4. The van der Waals surface area contributed by atoms with Gasteiger partial charge in [-0.1, -0.05) is 23.9 Å². The number of nitrogens with zero attached hydrogens (tertiary/aromatic N) is 3. The Balaban J connectivity index is 1.37. The first-order chi connectivity index (χ1) is 21.0. The van der Waals surface area contributed by atoms with Crippen LogP contribution in [0.4, 0.5) is 21.0 Å². The zero-order valence-corrected chi connectivity index (χ0v) is 25.3. The number of hydrogen-bond acceptors (Lipinski definition) is 12. The van der Waals surface area contributed by atoms with Gasteiger partial charge in [0.05, 0.1) is 22.1 Å². The van der Waals surface area contributed by atoms with Crippen molar-refractivity contribution < 1.29 is 38.5 Å². The van der Waals surface area contributed by atoms with Crippen molar-refractivity contribution >= 4 is 58.1 Å². The number of non-ortho nitro benzene ring substituents is 1. The van der Waals surface area contributed by atoms with Gasteiger partial charge in [-0.05, 0) is 30.2 Å². The van der Waals surface area contributed by atoms with E-state index in [1.54, 1.807) is 11.0 Å². The van der Waals surface area contributed by atoms with Gasteiger partial charge in [-0.25, -0.2) is 9.59 Å². The number of benzene rings is 2. The first kappa shape index (κ1) is 34.1. The summed E-state index contributed by atoms with van der Waals surface area (Å²) in [7, 11) is 0. The SMILES string of the molecule is CC(=O)S[C@@H]1C[C@@H](CSCCC(=O)NCNC(=O)OCc2ccccc2[N+](=O)[O-])N(C(=O)OCc2ccc([N+](=O)[O-])cc2)C1. The van der Waals surface area contributed by atoms with Crippen LogP contribution >= 0.6 is 23.5 Å². The molecule has 2 aromatic carbocycles. The van der Waals surface area contributed by atoms with Gasteiger partial charge < -0.3 is 25.0 Å². The van der Waals surface area contributed by atoms with Gasteiger partial charge in [0.2, 0.25) is 5.91 Å². The number of amides is 3. The Morgan fingerprint density at radius 3 is 2.39 bits per heavy atom. The van der Waals surface area contributed by atoms with Crippen LogP contribution in [0, 0.1) is 20.2 Å². The Kier molecular flexibility index (Phi) is 13.2. The number of rotatable bonds is 14. The van der Waals surface area contributed by atoms with Crippen molar-refractivity contribution in [3.63, 3.8) is 0 Å². The number of para-hydroxylation sites is 1. The summed E-state index contributed by atoms with van der Waals surface area (Å²) >= 11 is 2.62. The van der Waals surface area contributed by atoms with Gasteiger partial charge in [0, 0.05) is 60.9 Å². The molecule has 15 nitrogen and oxygen atoms in total. The minimum absolute atomic E-state index is 0.0574. The second-order valence-electron chi connectivity index (χ2n) is 9.49. The van der Waals surface area contributed by atoms with E-state index in [4.69, 9.17) is 9.47 Å². The fourth-order valence-corrected chi connectivity index (χ4v) is 6.32. The van der Waals surface area contributed by atoms with Gasteiger partial charge in [-0.2, -0.15) is 11.8 Å². The number of nitro benzene ring substituents is 2. The molecule has 0 radical (unpaired) electrons. The monoisotopic (exact) mass is 649 g/mol. The molecule has 2 aromatic rings. The molecule has 2 N–H and O–H groups in total. The van der Waals surface area contributed by atoms with Crippen LogP contribution in [0.25, 0.3) is 0 Å². The summed E-state index contributed by atoms with van der Waals surface area (Å²) in [5.74, 6) is 0.610. The van der Waals surface area contributed by atoms with E-state index in [1.165, 1.54) is 72.9 Å². The number of carbonyl (C=O) groups excluding carboxylic acids is 4. The molecule has 2 atom stereocenters. The Labute approximate surface area is 260 Å². The molecule has 44 heavy (non-hydrogen) atoms. The molecule has 1 fully saturated rings. The van der Waals surface area contributed by atoms with Crippen molar-refractivity contribution in [1.82, 2.24) is 15.5 Å². The van der Waals surface area contributed by atoms with Crippen LogP contribution in [-0.2, 0) is 32.3 Å². The zero-order chi connectivity index (χ0) is 32.1. The molecule has 0 aliphatic carbocycles. The highest BCUT2D eigenvalue weighted by Gasteiger charge is 2.37. The zero-order valence-electron chi connectivity index (χ0n) is 23.7. The Bertz CT molecular complexity index is 1360. The van der Waals surface area contributed by atoms with Crippen molar-refractivity contribution in [2.45, 2.75) is 44.3 Å². The Morgan fingerprint density at radius 1 is 0.977 bits per heavy atom. The normalized spacial score (nSPS) is 15.7. The van der Waals surface area contributed by atoms with Crippen LogP contribution in [0.1, 0.15) is 30.9 Å². The second kappa shape index (κ2) is 17.0. The van der Waals surface area contributed by atoms with Crippen LogP contribution in [0.3, 0.4) is 0 Å². The van der Waals surface area contributed by atoms with E-state index in [0.717, 1.165) is 0 Å². The minimum atomic E-state index is -0.849. The third-order valence-electron chi connectivity index (χ3n) is 6.30. The van der Waals surface area contributed by atoms with E-state index in [9.17, 15) is 39.4 Å². The highest BCUT2D eigenvalue weighted by molar-refractivity contribution is 8.14. The highest BCUT2D eigenvalue weighted by atomic mass is 32.2. The van der Waals surface area contributed by atoms with E-state index < -0.39 is 22.0 Å². The van der Waals surface area contributed by atoms with E-state index >= 15 is 0 Å². The predicted molar refractivity (Wildman–Crippen MR) is 162 cm³/mol. The number of alkyl carbamates (subject to hydrolysis) is 1. The lowest BCUT2D eigenvalue weighted by atomic mass is 10.2. The van der Waals surface area contributed by atoms with Crippen molar-refractivity contribution in [2.24, 2.45) is 0 Å². The largest absolute Gasteiger partial charge is 0.445 e. The van der Waals surface area contributed by atoms with Gasteiger partial charge in [-0.3, -0.25) is 29.8 Å². The lowest BCUT2D eigenvalue weighted by Gasteiger charge is -2.23. The molecular weight excluding hydrogens is 618 g/mol. The summed E-state index contributed by atoms with van der Waals surface area (Å²) in [5, 5.41) is 26.6. The van der Waals surface area contributed by atoms with Crippen LogP contribution in [0.5, 0.6) is 0 Å². The number of carbonyl (C=O) groups is 4. The summed E-state index contributed by atoms with van der Waals surface area (Å²) in [6.07, 6.45) is -0.690. The van der Waals surface area contributed by atoms with Crippen molar-refractivity contribution in [3.05, 3.63) is 79.9 Å². The predicted octanol–water partition coefficient (Wildman–Crippen LogP) is 3.99. The lowest BCUT2D eigenvalue weighted by Crippen LogP contribution is -2.38. The maximum Gasteiger partial charge on any atom is 0.410 e. The molecule has 0 aromatic heterocycles. The summed E-state index contributed by atoms with van der Waals surface area (Å²) in [4.78, 5) is 70.9. The maximum atomic E-state index is 12.9. The van der Waals surface area contributed by atoms with E-state index in [2.05, 4.69) is 10.6 Å². The molecule has 3 rings (SSSR count). The van der Waals surface area contributed by atoms with Gasteiger partial charge in [0.15, 0.2) is 5.12 Å². The molecular formula is C27H31N5O10S2. The number of thioether (sulfide) groups is 2. The molecule has 0 saturated carbocycles. The molecule has 1 aliphatic rings. The molecule has 3 amide bonds. The summed E-state index contributed by atoms with van der Waals surface area (Å²) < 4.78 is 10.4. The van der Waals surface area contributed by atoms with Crippen molar-refractivity contribution in [2.75, 3.05) is 24.7 Å². The summed E-state index contributed by atoms with van der Waals surface area (Å²) in [5.41, 5.74) is 0.595. The first-order valence-electron chi connectivity index (χ1n) is 13.3. The molecule has 236 valence electrons. The Hall–Kier alpha value is -4.38. The molecule has 17 heteroatoms. The molecule has 1 saturated heterocycles. The topological polar surface area (TPSA) is 200 Å². The minimum Gasteiger partial charge on any atom is -0.445 e. The number of likely N-dealkylation sites (tertiary alicyclic amines) is 1. The van der Waals surface area contributed by atoms with Gasteiger partial charge in [0.25, 0.3) is 11.4 Å². The Morgan fingerprint density at radius 2 is 1.70 bits per heavy atom. The molecule has 0 unspecified atom stereocenters. The third-order valence-corrected chi connectivity index (χ3v) is 8.42. The van der Waals surface area contributed by atoms with Crippen LogP contribution in [-0.4, -0.2) is 74.0 Å². The standard InChI is InChI=1S/C27H31N5O10S2/c1-18(33)44-23-12-22(30(13-23)27(36)42-14-19-6-8-21(9-7-19)31(37)38)16-43-11-10-25(34)28-17-29-26(35)41-15-20-4-2-3-5-24(20)32(39)40/h2-9,22-23H,10-17H2,1H3,(H,28,34)(H,29,35)/t22-,23+/m0/s1. The summed E-state index contributed by atoms with van der Waals surface area (Å²) in [6.45, 7) is 1.23. The summed E-state index contributed by atoms with van der Waals surface area (Å²) in [6, 6.07) is 11.3. The molecule has 0 bridgehead atoms. The van der Waals surface area contributed by atoms with E-state index in [-0.39, 0.29) is 65.6 Å². The van der Waals surface area contributed by atoms with Crippen LogP contribution in [0.2, 0.25) is 0 Å². The maximum absolute atomic E-state index is 12.9. The third kappa shape index (κ3) is 11.0. The highest BCUT2D eigenvalue weighted by Crippen LogP contribution is 2.31. The number of nitro groups is 2. The van der Waals surface area contributed by atoms with Crippen LogP contribution < -0.4 is 10.6 Å². The second-order valence-corrected chi connectivity index (χ2v) is 12.1. The van der Waals surface area contributed by atoms with Crippen molar-refractivity contribution in [3.8, 4) is 0 Å². The quantitative estimate of drug-likeness (QED) is 0.129. The number of ether oxygens (including phenoxy) is 2. The smallest absolute Gasteiger partial charge is 0.410 e.